The molecule has 1 rings (SSSR count). The molecule has 2 N–H and O–H groups in total. The van der Waals surface area contributed by atoms with Crippen LogP contribution >= 0.6 is 0 Å². The summed E-state index contributed by atoms with van der Waals surface area (Å²) in [6.07, 6.45) is 0.647. The molecular weight excluding hydrogens is 258 g/mol. The predicted molar refractivity (Wildman–Crippen MR) is 78.3 cm³/mol. The smallest absolute Gasteiger partial charge is 0.340 e. The number of methoxy groups -OCH3 is 2. The summed E-state index contributed by atoms with van der Waals surface area (Å²) >= 11 is 0. The SMILES string of the molecule is COc1cc(N)c(C(=O)OC(C)CC(C)C)cc1OC. The van der Waals surface area contributed by atoms with Gasteiger partial charge in [0, 0.05) is 12.1 Å². The fraction of sp³-hybridized carbons (Fsp3) is 0.533. The average molecular weight is 281 g/mol. The monoisotopic (exact) mass is 281 g/mol. The molecule has 0 fully saturated rings. The molecule has 0 aliphatic rings. The van der Waals surface area contributed by atoms with Crippen LogP contribution in [-0.2, 0) is 4.74 Å². The molecule has 0 amide bonds. The first kappa shape index (κ1) is 16.1. The molecule has 1 aromatic rings. The first-order chi connectivity index (χ1) is 9.38. The molecule has 1 aromatic carbocycles. The van der Waals surface area contributed by atoms with Crippen molar-refractivity contribution in [2.45, 2.75) is 33.3 Å². The molecule has 0 bridgehead atoms. The van der Waals surface area contributed by atoms with Crippen LogP contribution in [0.25, 0.3) is 0 Å². The number of hydrogen-bond acceptors (Lipinski definition) is 5. The molecule has 20 heavy (non-hydrogen) atoms. The Labute approximate surface area is 120 Å². The summed E-state index contributed by atoms with van der Waals surface area (Å²) in [5.41, 5.74) is 6.46. The van der Waals surface area contributed by atoms with E-state index in [1.165, 1.54) is 14.2 Å². The summed E-state index contributed by atoms with van der Waals surface area (Å²) in [6, 6.07) is 3.10. The van der Waals surface area contributed by atoms with E-state index >= 15 is 0 Å². The third-order valence-corrected chi connectivity index (χ3v) is 2.89. The maximum absolute atomic E-state index is 12.1. The van der Waals surface area contributed by atoms with Crippen LogP contribution in [0.3, 0.4) is 0 Å². The molecule has 5 heteroatoms. The molecule has 0 saturated carbocycles. The summed E-state index contributed by atoms with van der Waals surface area (Å²) in [4.78, 5) is 12.1. The highest BCUT2D eigenvalue weighted by molar-refractivity contribution is 5.96. The van der Waals surface area contributed by atoms with Crippen LogP contribution in [0.2, 0.25) is 0 Å². The van der Waals surface area contributed by atoms with Gasteiger partial charge in [0.05, 0.1) is 31.6 Å². The van der Waals surface area contributed by atoms with E-state index in [2.05, 4.69) is 13.8 Å². The second-order valence-electron chi connectivity index (χ2n) is 5.14. The Hall–Kier alpha value is -1.91. The van der Waals surface area contributed by atoms with E-state index in [0.717, 1.165) is 6.42 Å². The van der Waals surface area contributed by atoms with Crippen molar-refractivity contribution in [2.24, 2.45) is 5.92 Å². The van der Waals surface area contributed by atoms with Crippen LogP contribution < -0.4 is 15.2 Å². The van der Waals surface area contributed by atoms with Crippen LogP contribution in [0.5, 0.6) is 11.5 Å². The van der Waals surface area contributed by atoms with Gasteiger partial charge in [0.25, 0.3) is 0 Å². The van der Waals surface area contributed by atoms with Crippen LogP contribution in [-0.4, -0.2) is 26.3 Å². The van der Waals surface area contributed by atoms with E-state index in [-0.39, 0.29) is 6.10 Å². The van der Waals surface area contributed by atoms with Gasteiger partial charge in [-0.2, -0.15) is 0 Å². The topological polar surface area (TPSA) is 70.8 Å². The van der Waals surface area contributed by atoms with Gasteiger partial charge in [0.1, 0.15) is 0 Å². The Balaban J connectivity index is 2.93. The lowest BCUT2D eigenvalue weighted by Crippen LogP contribution is -2.18. The fourth-order valence-electron chi connectivity index (χ4n) is 2.03. The van der Waals surface area contributed by atoms with E-state index < -0.39 is 5.97 Å². The Morgan fingerprint density at radius 2 is 1.70 bits per heavy atom. The predicted octanol–water partition coefficient (Wildman–Crippen LogP) is 2.88. The standard InChI is InChI=1S/C15H23NO4/c1-9(2)6-10(3)20-15(17)11-7-13(18-4)14(19-5)8-12(11)16/h7-10H,6,16H2,1-5H3. The second kappa shape index (κ2) is 7.03. The third kappa shape index (κ3) is 4.05. The van der Waals surface area contributed by atoms with E-state index in [4.69, 9.17) is 19.9 Å². The number of nitrogens with two attached hydrogens (primary N) is 1. The maximum Gasteiger partial charge on any atom is 0.340 e. The Morgan fingerprint density at radius 3 is 2.20 bits per heavy atom. The molecule has 0 spiro atoms. The highest BCUT2D eigenvalue weighted by Crippen LogP contribution is 2.32. The van der Waals surface area contributed by atoms with Crippen molar-refractivity contribution >= 4 is 11.7 Å². The number of ether oxygens (including phenoxy) is 3. The molecule has 5 nitrogen and oxygen atoms in total. The number of nitrogen functional groups attached to an aromatic ring is 1. The highest BCUT2D eigenvalue weighted by Gasteiger charge is 2.19. The second-order valence-corrected chi connectivity index (χ2v) is 5.14. The first-order valence-corrected chi connectivity index (χ1v) is 6.61. The lowest BCUT2D eigenvalue weighted by Gasteiger charge is -2.17. The number of hydrogen-bond donors (Lipinski definition) is 1. The zero-order valence-corrected chi connectivity index (χ0v) is 12.7. The average Bonchev–Trinajstić information content (AvgIpc) is 2.36. The molecule has 0 aliphatic carbocycles. The number of rotatable bonds is 6. The van der Waals surface area contributed by atoms with Crippen LogP contribution in [0.1, 0.15) is 37.6 Å². The minimum Gasteiger partial charge on any atom is -0.493 e. The van der Waals surface area contributed by atoms with Crippen LogP contribution in [0.15, 0.2) is 12.1 Å². The van der Waals surface area contributed by atoms with E-state index in [9.17, 15) is 4.79 Å². The maximum atomic E-state index is 12.1. The van der Waals surface area contributed by atoms with Crippen molar-refractivity contribution in [3.63, 3.8) is 0 Å². The third-order valence-electron chi connectivity index (χ3n) is 2.89. The van der Waals surface area contributed by atoms with E-state index in [1.807, 2.05) is 6.92 Å². The molecule has 0 heterocycles. The summed E-state index contributed by atoms with van der Waals surface area (Å²) in [6.45, 7) is 6.03. The van der Waals surface area contributed by atoms with Crippen molar-refractivity contribution in [3.05, 3.63) is 17.7 Å². The summed E-state index contributed by atoms with van der Waals surface area (Å²) in [5.74, 6) is 0.944. The number of carbonyl (C=O) groups excluding carboxylic acids is 1. The Morgan fingerprint density at radius 1 is 1.15 bits per heavy atom. The number of benzene rings is 1. The van der Waals surface area contributed by atoms with Crippen LogP contribution in [0, 0.1) is 5.92 Å². The van der Waals surface area contributed by atoms with Crippen molar-refractivity contribution in [1.29, 1.82) is 0 Å². The lowest BCUT2D eigenvalue weighted by molar-refractivity contribution is 0.0300. The van der Waals surface area contributed by atoms with Gasteiger partial charge in [-0.1, -0.05) is 13.8 Å². The van der Waals surface area contributed by atoms with Crippen molar-refractivity contribution in [2.75, 3.05) is 20.0 Å². The van der Waals surface area contributed by atoms with Gasteiger partial charge in [-0.05, 0) is 19.3 Å². The van der Waals surface area contributed by atoms with E-state index in [1.54, 1.807) is 12.1 Å². The molecule has 1 unspecified atom stereocenters. The molecule has 1 atom stereocenters. The molecule has 0 radical (unpaired) electrons. The van der Waals surface area contributed by atoms with Gasteiger partial charge in [0.2, 0.25) is 0 Å². The van der Waals surface area contributed by atoms with Gasteiger partial charge in [0.15, 0.2) is 11.5 Å². The minimum absolute atomic E-state index is 0.157. The normalized spacial score (nSPS) is 12.1. The lowest BCUT2D eigenvalue weighted by atomic mass is 10.1. The minimum atomic E-state index is -0.448. The van der Waals surface area contributed by atoms with Crippen molar-refractivity contribution in [3.8, 4) is 11.5 Å². The fourth-order valence-corrected chi connectivity index (χ4v) is 2.03. The zero-order valence-electron chi connectivity index (χ0n) is 12.7. The van der Waals surface area contributed by atoms with Gasteiger partial charge in [-0.3, -0.25) is 0 Å². The number of anilines is 1. The summed E-state index contributed by atoms with van der Waals surface area (Å²) < 4.78 is 15.7. The van der Waals surface area contributed by atoms with Gasteiger partial charge in [-0.25, -0.2) is 4.79 Å². The summed E-state index contributed by atoms with van der Waals surface area (Å²) in [7, 11) is 3.02. The quantitative estimate of drug-likeness (QED) is 0.641. The number of esters is 1. The molecule has 112 valence electrons. The number of carbonyl (C=O) groups is 1. The van der Waals surface area contributed by atoms with Gasteiger partial charge < -0.3 is 19.9 Å². The van der Waals surface area contributed by atoms with E-state index in [0.29, 0.717) is 28.7 Å². The summed E-state index contributed by atoms with van der Waals surface area (Å²) in [5, 5.41) is 0. The van der Waals surface area contributed by atoms with Crippen LogP contribution in [0.4, 0.5) is 5.69 Å². The Kier molecular flexibility index (Phi) is 5.67. The largest absolute Gasteiger partial charge is 0.493 e. The van der Waals surface area contributed by atoms with Gasteiger partial charge in [-0.15, -0.1) is 0 Å². The molecule has 0 aliphatic heterocycles. The zero-order chi connectivity index (χ0) is 15.3. The van der Waals surface area contributed by atoms with Crippen molar-refractivity contribution in [1.82, 2.24) is 0 Å². The van der Waals surface area contributed by atoms with Crippen molar-refractivity contribution < 1.29 is 19.0 Å². The first-order valence-electron chi connectivity index (χ1n) is 6.61. The Bertz CT molecular complexity index is 471. The molecular formula is C15H23NO4. The molecule has 0 aromatic heterocycles. The molecule has 0 saturated heterocycles. The highest BCUT2D eigenvalue weighted by atomic mass is 16.5. The van der Waals surface area contributed by atoms with Gasteiger partial charge >= 0.3 is 5.97 Å².